The predicted molar refractivity (Wildman–Crippen MR) is 100 cm³/mol. The monoisotopic (exact) mass is 353 g/mol. The van der Waals surface area contributed by atoms with E-state index in [9.17, 15) is 4.79 Å². The van der Waals surface area contributed by atoms with Crippen molar-refractivity contribution in [2.45, 2.75) is 6.61 Å². The smallest absolute Gasteiger partial charge is 0.254 e. The third-order valence-electron chi connectivity index (χ3n) is 4.02. The van der Waals surface area contributed by atoms with Crippen molar-refractivity contribution in [3.8, 4) is 5.75 Å². The molecule has 0 unspecified atom stereocenters. The fourth-order valence-corrected chi connectivity index (χ4v) is 2.63. The van der Waals surface area contributed by atoms with Gasteiger partial charge in [-0.15, -0.1) is 0 Å². The number of rotatable bonds is 7. The van der Waals surface area contributed by atoms with Crippen LogP contribution < -0.4 is 10.2 Å². The molecular weight excluding hydrogens is 330 g/mol. The van der Waals surface area contributed by atoms with Gasteiger partial charge in [-0.3, -0.25) is 9.69 Å². The summed E-state index contributed by atoms with van der Waals surface area (Å²) >= 11 is 0. The molecule has 0 saturated carbocycles. The van der Waals surface area contributed by atoms with Gasteiger partial charge in [-0.05, 0) is 17.7 Å². The van der Waals surface area contributed by atoms with Crippen LogP contribution in [-0.4, -0.2) is 49.9 Å². The van der Waals surface area contributed by atoms with Crippen molar-refractivity contribution in [3.63, 3.8) is 0 Å². The number of hydrogen-bond acceptors (Lipinski definition) is 5. The van der Waals surface area contributed by atoms with Gasteiger partial charge in [0.05, 0.1) is 26.0 Å². The molecule has 1 heterocycles. The Morgan fingerprint density at radius 1 is 1.12 bits per heavy atom. The number of carbonyl (C=O) groups is 1. The summed E-state index contributed by atoms with van der Waals surface area (Å²) in [7, 11) is 0. The number of benzene rings is 2. The van der Waals surface area contributed by atoms with Crippen LogP contribution in [0.1, 0.15) is 11.1 Å². The lowest BCUT2D eigenvalue weighted by atomic mass is 10.2. The first-order valence-electron chi connectivity index (χ1n) is 8.69. The zero-order valence-electron chi connectivity index (χ0n) is 14.6. The number of para-hydroxylation sites is 1. The lowest BCUT2D eigenvalue weighted by Crippen LogP contribution is -2.42. The van der Waals surface area contributed by atoms with E-state index in [1.165, 1.54) is 0 Å². The minimum atomic E-state index is -0.133. The maximum atomic E-state index is 12.0. The molecule has 1 aliphatic rings. The van der Waals surface area contributed by atoms with Crippen LogP contribution in [0, 0.1) is 0 Å². The molecule has 1 fully saturated rings. The van der Waals surface area contributed by atoms with Gasteiger partial charge in [0.15, 0.2) is 0 Å². The highest BCUT2D eigenvalue weighted by atomic mass is 16.5. The second-order valence-electron chi connectivity index (χ2n) is 5.99. The number of carbonyl (C=O) groups excluding carboxylic acids is 1. The molecule has 1 amide bonds. The van der Waals surface area contributed by atoms with Crippen LogP contribution in [0.15, 0.2) is 59.7 Å². The second kappa shape index (κ2) is 9.70. The summed E-state index contributed by atoms with van der Waals surface area (Å²) in [5, 5.41) is 4.06. The third-order valence-corrected chi connectivity index (χ3v) is 4.02. The largest absolute Gasteiger partial charge is 0.488 e. The summed E-state index contributed by atoms with van der Waals surface area (Å²) in [5.41, 5.74) is 4.48. The van der Waals surface area contributed by atoms with E-state index in [1.807, 2.05) is 59.5 Å². The molecule has 0 aromatic heterocycles. The van der Waals surface area contributed by atoms with E-state index in [0.717, 1.165) is 30.0 Å². The molecule has 0 spiro atoms. The van der Waals surface area contributed by atoms with Crippen molar-refractivity contribution >= 4 is 12.1 Å². The van der Waals surface area contributed by atoms with Crippen molar-refractivity contribution in [1.29, 1.82) is 0 Å². The SMILES string of the molecule is O=C(CN1CCOCC1)NN=Cc1ccccc1OCc1ccccc1. The lowest BCUT2D eigenvalue weighted by Gasteiger charge is -2.25. The van der Waals surface area contributed by atoms with Gasteiger partial charge in [-0.25, -0.2) is 5.43 Å². The molecule has 2 aromatic rings. The Hall–Kier alpha value is -2.70. The van der Waals surface area contributed by atoms with E-state index in [1.54, 1.807) is 6.21 Å². The number of ether oxygens (including phenoxy) is 2. The minimum absolute atomic E-state index is 0.133. The first-order valence-corrected chi connectivity index (χ1v) is 8.69. The molecule has 1 aliphatic heterocycles. The van der Waals surface area contributed by atoms with Crippen molar-refractivity contribution < 1.29 is 14.3 Å². The first kappa shape index (κ1) is 18.1. The fraction of sp³-hybridized carbons (Fsp3) is 0.300. The molecule has 3 rings (SSSR count). The van der Waals surface area contributed by atoms with Crippen LogP contribution in [0.4, 0.5) is 0 Å². The van der Waals surface area contributed by atoms with Gasteiger partial charge in [0.2, 0.25) is 0 Å². The van der Waals surface area contributed by atoms with E-state index in [0.29, 0.717) is 26.4 Å². The quantitative estimate of drug-likeness (QED) is 0.611. The number of nitrogens with zero attached hydrogens (tertiary/aromatic N) is 2. The minimum Gasteiger partial charge on any atom is -0.488 e. The summed E-state index contributed by atoms with van der Waals surface area (Å²) in [6.45, 7) is 3.69. The molecule has 136 valence electrons. The van der Waals surface area contributed by atoms with Crippen molar-refractivity contribution in [3.05, 3.63) is 65.7 Å². The van der Waals surface area contributed by atoms with E-state index in [-0.39, 0.29) is 5.91 Å². The van der Waals surface area contributed by atoms with Gasteiger partial charge in [-0.1, -0.05) is 42.5 Å². The molecule has 2 aromatic carbocycles. The van der Waals surface area contributed by atoms with Gasteiger partial charge in [0.1, 0.15) is 12.4 Å². The maximum Gasteiger partial charge on any atom is 0.254 e. The molecule has 0 bridgehead atoms. The predicted octanol–water partition coefficient (Wildman–Crippen LogP) is 2.05. The van der Waals surface area contributed by atoms with Gasteiger partial charge in [0, 0.05) is 18.7 Å². The van der Waals surface area contributed by atoms with Crippen LogP contribution in [0.2, 0.25) is 0 Å². The zero-order chi connectivity index (χ0) is 18.0. The topological polar surface area (TPSA) is 63.2 Å². The molecule has 26 heavy (non-hydrogen) atoms. The van der Waals surface area contributed by atoms with Gasteiger partial charge in [-0.2, -0.15) is 5.10 Å². The Labute approximate surface area is 153 Å². The second-order valence-corrected chi connectivity index (χ2v) is 5.99. The van der Waals surface area contributed by atoms with Crippen LogP contribution in [0.5, 0.6) is 5.75 Å². The summed E-state index contributed by atoms with van der Waals surface area (Å²) in [6, 6.07) is 17.6. The van der Waals surface area contributed by atoms with E-state index >= 15 is 0 Å². The average Bonchev–Trinajstić information content (AvgIpc) is 2.69. The van der Waals surface area contributed by atoms with Crippen molar-refractivity contribution in [2.24, 2.45) is 5.10 Å². The molecule has 6 heteroatoms. The normalized spacial score (nSPS) is 15.1. The summed E-state index contributed by atoms with van der Waals surface area (Å²) in [4.78, 5) is 14.0. The maximum absolute atomic E-state index is 12.0. The van der Waals surface area contributed by atoms with Crippen molar-refractivity contribution in [1.82, 2.24) is 10.3 Å². The Morgan fingerprint density at radius 3 is 2.65 bits per heavy atom. The van der Waals surface area contributed by atoms with Gasteiger partial charge >= 0.3 is 0 Å². The fourth-order valence-electron chi connectivity index (χ4n) is 2.63. The summed E-state index contributed by atoms with van der Waals surface area (Å²) in [6.07, 6.45) is 1.61. The van der Waals surface area contributed by atoms with Gasteiger partial charge in [0.25, 0.3) is 5.91 Å². The number of nitrogens with one attached hydrogen (secondary N) is 1. The lowest BCUT2D eigenvalue weighted by molar-refractivity contribution is -0.123. The van der Waals surface area contributed by atoms with Crippen LogP contribution in [-0.2, 0) is 16.1 Å². The number of morpholine rings is 1. The molecule has 1 saturated heterocycles. The highest BCUT2D eigenvalue weighted by Gasteiger charge is 2.13. The zero-order valence-corrected chi connectivity index (χ0v) is 14.6. The number of amides is 1. The Balaban J connectivity index is 1.52. The highest BCUT2D eigenvalue weighted by molar-refractivity contribution is 5.85. The number of hydrazone groups is 1. The summed E-state index contributed by atoms with van der Waals surface area (Å²) in [5.74, 6) is 0.591. The molecule has 1 N–H and O–H groups in total. The Morgan fingerprint density at radius 2 is 1.85 bits per heavy atom. The highest BCUT2D eigenvalue weighted by Crippen LogP contribution is 2.17. The van der Waals surface area contributed by atoms with E-state index in [4.69, 9.17) is 9.47 Å². The Kier molecular flexibility index (Phi) is 6.75. The number of hydrogen-bond donors (Lipinski definition) is 1. The molecule has 0 atom stereocenters. The van der Waals surface area contributed by atoms with Crippen LogP contribution in [0.3, 0.4) is 0 Å². The molecule has 0 radical (unpaired) electrons. The third kappa shape index (κ3) is 5.68. The Bertz CT molecular complexity index is 728. The van der Waals surface area contributed by atoms with Crippen molar-refractivity contribution in [2.75, 3.05) is 32.8 Å². The molecular formula is C20H23N3O3. The van der Waals surface area contributed by atoms with Crippen LogP contribution in [0.25, 0.3) is 0 Å². The average molecular weight is 353 g/mol. The molecule has 6 nitrogen and oxygen atoms in total. The van der Waals surface area contributed by atoms with E-state index < -0.39 is 0 Å². The van der Waals surface area contributed by atoms with Crippen LogP contribution >= 0.6 is 0 Å². The standard InChI is InChI=1S/C20H23N3O3/c24-20(15-23-10-12-25-13-11-23)22-21-14-18-8-4-5-9-19(18)26-16-17-6-2-1-3-7-17/h1-9,14H,10-13,15-16H2,(H,22,24). The molecule has 0 aliphatic carbocycles. The van der Waals surface area contributed by atoms with Gasteiger partial charge < -0.3 is 9.47 Å². The van der Waals surface area contributed by atoms with E-state index in [2.05, 4.69) is 10.5 Å². The first-order chi connectivity index (χ1) is 12.8. The summed E-state index contributed by atoms with van der Waals surface area (Å²) < 4.78 is 11.1.